The Bertz CT molecular complexity index is 948. The van der Waals surface area contributed by atoms with Gasteiger partial charge >= 0.3 is 0 Å². The summed E-state index contributed by atoms with van der Waals surface area (Å²) in [4.78, 5) is 19.6. The number of aromatic nitrogens is 1. The van der Waals surface area contributed by atoms with Crippen LogP contribution in [0.5, 0.6) is 0 Å². The fourth-order valence-corrected chi connectivity index (χ4v) is 5.09. The standard InChI is InChI=1S/C16H12ClN3OS3/c1-3-10-6-9(7-18)15(22-10)20-14(21)13-8(2)19-16(24-13)11-4-5-12(17)23-11/h4-6H,3H2,1-2H3,(H,20,21). The molecule has 0 atom stereocenters. The molecular formula is C16H12ClN3OS3. The Morgan fingerprint density at radius 2 is 2.17 bits per heavy atom. The molecule has 0 fully saturated rings. The van der Waals surface area contributed by atoms with Crippen molar-refractivity contribution < 1.29 is 4.79 Å². The van der Waals surface area contributed by atoms with Gasteiger partial charge in [0.15, 0.2) is 0 Å². The predicted octanol–water partition coefficient (Wildman–Crippen LogP) is 5.58. The summed E-state index contributed by atoms with van der Waals surface area (Å²) in [5.74, 6) is -0.236. The molecule has 0 saturated carbocycles. The zero-order valence-corrected chi connectivity index (χ0v) is 16.0. The Hall–Kier alpha value is -1.72. The van der Waals surface area contributed by atoms with Gasteiger partial charge in [0.1, 0.15) is 21.0 Å². The molecule has 24 heavy (non-hydrogen) atoms. The van der Waals surface area contributed by atoms with Gasteiger partial charge in [0.2, 0.25) is 0 Å². The fraction of sp³-hybridized carbons (Fsp3) is 0.188. The minimum absolute atomic E-state index is 0.236. The highest BCUT2D eigenvalue weighted by Crippen LogP contribution is 2.35. The molecule has 3 rings (SSSR count). The molecule has 1 amide bonds. The number of anilines is 1. The fourth-order valence-electron chi connectivity index (χ4n) is 2.09. The number of thiophene rings is 2. The molecule has 8 heteroatoms. The van der Waals surface area contributed by atoms with Crippen molar-refractivity contribution in [2.45, 2.75) is 20.3 Å². The van der Waals surface area contributed by atoms with Crippen LogP contribution < -0.4 is 5.32 Å². The van der Waals surface area contributed by atoms with Crippen LogP contribution >= 0.6 is 45.6 Å². The first-order valence-electron chi connectivity index (χ1n) is 7.09. The maximum Gasteiger partial charge on any atom is 0.268 e. The van der Waals surface area contributed by atoms with E-state index in [1.807, 2.05) is 25.1 Å². The zero-order valence-electron chi connectivity index (χ0n) is 12.8. The van der Waals surface area contributed by atoms with Crippen LogP contribution in [0.15, 0.2) is 18.2 Å². The van der Waals surface area contributed by atoms with Gasteiger partial charge in [0.25, 0.3) is 5.91 Å². The van der Waals surface area contributed by atoms with Crippen molar-refractivity contribution in [3.63, 3.8) is 0 Å². The number of nitriles is 1. The van der Waals surface area contributed by atoms with Crippen LogP contribution in [0.3, 0.4) is 0 Å². The number of hydrogen-bond donors (Lipinski definition) is 1. The second kappa shape index (κ2) is 7.03. The van der Waals surface area contributed by atoms with E-state index in [-0.39, 0.29) is 5.91 Å². The van der Waals surface area contributed by atoms with Crippen molar-refractivity contribution in [2.75, 3.05) is 5.32 Å². The van der Waals surface area contributed by atoms with E-state index in [1.165, 1.54) is 34.0 Å². The molecule has 3 aromatic rings. The molecule has 0 aromatic carbocycles. The summed E-state index contributed by atoms with van der Waals surface area (Å²) < 4.78 is 0.688. The Morgan fingerprint density at radius 3 is 2.79 bits per heavy atom. The maximum absolute atomic E-state index is 12.6. The minimum Gasteiger partial charge on any atom is -0.312 e. The van der Waals surface area contributed by atoms with Crippen LogP contribution in [0.2, 0.25) is 4.34 Å². The largest absolute Gasteiger partial charge is 0.312 e. The first-order valence-corrected chi connectivity index (χ1v) is 9.91. The lowest BCUT2D eigenvalue weighted by Crippen LogP contribution is -2.11. The number of rotatable bonds is 4. The quantitative estimate of drug-likeness (QED) is 0.629. The summed E-state index contributed by atoms with van der Waals surface area (Å²) in [6, 6.07) is 7.66. The van der Waals surface area contributed by atoms with Gasteiger partial charge in [-0.2, -0.15) is 5.26 Å². The van der Waals surface area contributed by atoms with Gasteiger partial charge in [-0.1, -0.05) is 18.5 Å². The van der Waals surface area contributed by atoms with E-state index in [1.54, 1.807) is 6.92 Å². The average Bonchev–Trinajstić information content (AvgIpc) is 3.25. The first-order chi connectivity index (χ1) is 11.5. The molecule has 122 valence electrons. The highest BCUT2D eigenvalue weighted by atomic mass is 35.5. The van der Waals surface area contributed by atoms with Crippen molar-refractivity contribution >= 4 is 56.5 Å². The molecule has 4 nitrogen and oxygen atoms in total. The second-order valence-corrected chi connectivity index (χ2v) is 8.76. The number of nitrogens with zero attached hydrogens (tertiary/aromatic N) is 2. The lowest BCUT2D eigenvalue weighted by atomic mass is 10.3. The molecule has 0 bridgehead atoms. The van der Waals surface area contributed by atoms with Gasteiger partial charge in [-0.3, -0.25) is 4.79 Å². The third kappa shape index (κ3) is 3.37. The zero-order chi connectivity index (χ0) is 17.3. The number of aryl methyl sites for hydroxylation is 2. The Balaban J connectivity index is 1.87. The first kappa shape index (κ1) is 17.1. The summed E-state index contributed by atoms with van der Waals surface area (Å²) in [7, 11) is 0. The number of thiazole rings is 1. The predicted molar refractivity (Wildman–Crippen MR) is 102 cm³/mol. The summed E-state index contributed by atoms with van der Waals surface area (Å²) in [6.07, 6.45) is 0.831. The Labute approximate surface area is 156 Å². The third-order valence-corrected chi connectivity index (χ3v) is 7.02. The molecule has 0 aliphatic rings. The SMILES string of the molecule is CCc1cc(C#N)c(NC(=O)c2sc(-c3ccc(Cl)s3)nc2C)s1. The van der Waals surface area contributed by atoms with E-state index in [4.69, 9.17) is 11.6 Å². The van der Waals surface area contributed by atoms with E-state index in [9.17, 15) is 10.1 Å². The highest BCUT2D eigenvalue weighted by molar-refractivity contribution is 7.24. The van der Waals surface area contributed by atoms with E-state index in [0.29, 0.717) is 25.5 Å². The molecular weight excluding hydrogens is 382 g/mol. The van der Waals surface area contributed by atoms with Gasteiger partial charge in [-0.25, -0.2) is 4.98 Å². The summed E-state index contributed by atoms with van der Waals surface area (Å²) in [5.41, 5.74) is 1.17. The minimum atomic E-state index is -0.236. The van der Waals surface area contributed by atoms with Crippen LogP contribution in [0.25, 0.3) is 9.88 Å². The number of hydrogen-bond acceptors (Lipinski definition) is 6. The summed E-state index contributed by atoms with van der Waals surface area (Å²) >= 11 is 10.2. The van der Waals surface area contributed by atoms with Crippen LogP contribution in [-0.2, 0) is 6.42 Å². The lowest BCUT2D eigenvalue weighted by molar-refractivity contribution is 0.103. The van der Waals surface area contributed by atoms with Crippen LogP contribution in [-0.4, -0.2) is 10.9 Å². The number of halogens is 1. The molecule has 0 unspecified atom stereocenters. The molecule has 0 aliphatic heterocycles. The van der Waals surface area contributed by atoms with E-state index in [0.717, 1.165) is 21.2 Å². The van der Waals surface area contributed by atoms with Crippen molar-refractivity contribution in [3.8, 4) is 16.0 Å². The normalized spacial score (nSPS) is 10.6. The van der Waals surface area contributed by atoms with E-state index >= 15 is 0 Å². The Kier molecular flexibility index (Phi) is 5.01. The second-order valence-electron chi connectivity index (χ2n) is 4.91. The Morgan fingerprint density at radius 1 is 1.38 bits per heavy atom. The van der Waals surface area contributed by atoms with Gasteiger partial charge in [-0.15, -0.1) is 34.0 Å². The molecule has 3 heterocycles. The highest BCUT2D eigenvalue weighted by Gasteiger charge is 2.19. The van der Waals surface area contributed by atoms with Gasteiger partial charge < -0.3 is 5.32 Å². The van der Waals surface area contributed by atoms with Gasteiger partial charge in [0, 0.05) is 4.88 Å². The third-order valence-electron chi connectivity index (χ3n) is 3.27. The molecule has 0 radical (unpaired) electrons. The number of amides is 1. The van der Waals surface area contributed by atoms with Crippen molar-refractivity contribution in [2.24, 2.45) is 0 Å². The van der Waals surface area contributed by atoms with Gasteiger partial charge in [-0.05, 0) is 31.5 Å². The molecule has 3 aromatic heterocycles. The number of carbonyl (C=O) groups is 1. The monoisotopic (exact) mass is 393 g/mol. The summed E-state index contributed by atoms with van der Waals surface area (Å²) in [6.45, 7) is 3.82. The van der Waals surface area contributed by atoms with Crippen LogP contribution in [0.4, 0.5) is 5.00 Å². The van der Waals surface area contributed by atoms with Crippen LogP contribution in [0, 0.1) is 18.3 Å². The van der Waals surface area contributed by atoms with Crippen molar-refractivity contribution in [3.05, 3.63) is 43.5 Å². The molecule has 0 saturated heterocycles. The molecule has 0 spiro atoms. The number of nitrogens with one attached hydrogen (secondary N) is 1. The number of carbonyl (C=O) groups excluding carboxylic acids is 1. The van der Waals surface area contributed by atoms with Gasteiger partial charge in [0.05, 0.1) is 20.5 Å². The van der Waals surface area contributed by atoms with Crippen molar-refractivity contribution in [1.29, 1.82) is 5.26 Å². The molecule has 1 N–H and O–H groups in total. The topological polar surface area (TPSA) is 65.8 Å². The van der Waals surface area contributed by atoms with E-state index in [2.05, 4.69) is 16.4 Å². The average molecular weight is 394 g/mol. The maximum atomic E-state index is 12.6. The summed E-state index contributed by atoms with van der Waals surface area (Å²) in [5, 5.41) is 13.4. The lowest BCUT2D eigenvalue weighted by Gasteiger charge is -2.01. The molecule has 0 aliphatic carbocycles. The van der Waals surface area contributed by atoms with Crippen molar-refractivity contribution in [1.82, 2.24) is 4.98 Å². The van der Waals surface area contributed by atoms with E-state index < -0.39 is 0 Å². The van der Waals surface area contributed by atoms with Crippen LogP contribution in [0.1, 0.15) is 32.7 Å². The smallest absolute Gasteiger partial charge is 0.268 e.